The van der Waals surface area contributed by atoms with Crippen molar-refractivity contribution in [2.24, 2.45) is 0 Å². The largest absolute Gasteiger partial charge is 0.457 e. The highest BCUT2D eigenvalue weighted by Gasteiger charge is 2.26. The first kappa shape index (κ1) is 25.0. The van der Waals surface area contributed by atoms with Gasteiger partial charge < -0.3 is 19.7 Å². The van der Waals surface area contributed by atoms with Crippen LogP contribution in [-0.2, 0) is 9.53 Å². The molecule has 2 aromatic carbocycles. The molecule has 37 heavy (non-hydrogen) atoms. The number of carbonyl (C=O) groups is 1. The fraction of sp³-hybridized carbons (Fsp3) is 0.379. The van der Waals surface area contributed by atoms with Crippen LogP contribution in [0.3, 0.4) is 0 Å². The molecule has 8 nitrogen and oxygen atoms in total. The number of hydrogen-bond donors (Lipinski definition) is 1. The Bertz CT molecular complexity index is 1170. The first-order valence-electron chi connectivity index (χ1n) is 13.1. The van der Waals surface area contributed by atoms with E-state index in [2.05, 4.69) is 27.5 Å². The summed E-state index contributed by atoms with van der Waals surface area (Å²) in [5.74, 6) is 2.55. The number of benzene rings is 2. The number of aromatic nitrogens is 2. The number of piperidine rings is 1. The van der Waals surface area contributed by atoms with Crippen molar-refractivity contribution < 1.29 is 14.3 Å². The van der Waals surface area contributed by atoms with Gasteiger partial charge in [0.05, 0.1) is 24.9 Å². The number of hydrogen-bond acceptors (Lipinski definition) is 6. The molecule has 0 saturated carbocycles. The average Bonchev–Trinajstić information content (AvgIpc) is 3.38. The van der Waals surface area contributed by atoms with Crippen LogP contribution in [-0.4, -0.2) is 78.0 Å². The SMILES string of the molecule is C=CC(=O)N1CCCC(n2nc(-c3ccc(Oc4ccccc4)cc3)cc2NCCN2CCOCC2)C1. The van der Waals surface area contributed by atoms with Crippen molar-refractivity contribution in [2.75, 3.05) is 57.8 Å². The number of para-hydroxylation sites is 1. The number of carbonyl (C=O) groups excluding carboxylic acids is 1. The van der Waals surface area contributed by atoms with E-state index in [-0.39, 0.29) is 11.9 Å². The predicted molar refractivity (Wildman–Crippen MR) is 145 cm³/mol. The summed E-state index contributed by atoms with van der Waals surface area (Å²) in [7, 11) is 0. The molecular formula is C29H35N5O3. The van der Waals surface area contributed by atoms with E-state index >= 15 is 0 Å². The molecule has 0 bridgehead atoms. The minimum atomic E-state index is -0.0205. The van der Waals surface area contributed by atoms with E-state index < -0.39 is 0 Å². The molecule has 1 aromatic heterocycles. The Morgan fingerprint density at radius 2 is 1.84 bits per heavy atom. The number of rotatable bonds is 9. The molecule has 194 valence electrons. The monoisotopic (exact) mass is 501 g/mol. The van der Waals surface area contributed by atoms with Gasteiger partial charge in [0.2, 0.25) is 5.91 Å². The van der Waals surface area contributed by atoms with Crippen molar-refractivity contribution in [3.63, 3.8) is 0 Å². The smallest absolute Gasteiger partial charge is 0.246 e. The molecule has 0 aliphatic carbocycles. The van der Waals surface area contributed by atoms with Crippen molar-refractivity contribution in [1.82, 2.24) is 19.6 Å². The van der Waals surface area contributed by atoms with Gasteiger partial charge in [-0.15, -0.1) is 0 Å². The highest BCUT2D eigenvalue weighted by molar-refractivity contribution is 5.87. The van der Waals surface area contributed by atoms with Crippen molar-refractivity contribution in [3.05, 3.63) is 73.3 Å². The van der Waals surface area contributed by atoms with E-state index in [9.17, 15) is 4.79 Å². The van der Waals surface area contributed by atoms with Crippen LogP contribution in [0.25, 0.3) is 11.3 Å². The number of nitrogens with one attached hydrogen (secondary N) is 1. The van der Waals surface area contributed by atoms with Crippen LogP contribution in [0.5, 0.6) is 11.5 Å². The lowest BCUT2D eigenvalue weighted by Crippen LogP contribution is -2.41. The number of morpholine rings is 1. The van der Waals surface area contributed by atoms with Crippen LogP contribution in [0.4, 0.5) is 5.82 Å². The van der Waals surface area contributed by atoms with Gasteiger partial charge in [0.1, 0.15) is 17.3 Å². The van der Waals surface area contributed by atoms with Crippen LogP contribution >= 0.6 is 0 Å². The molecule has 1 unspecified atom stereocenters. The number of anilines is 1. The van der Waals surface area contributed by atoms with E-state index in [4.69, 9.17) is 14.6 Å². The van der Waals surface area contributed by atoms with Gasteiger partial charge in [0, 0.05) is 50.9 Å². The number of ether oxygens (including phenoxy) is 2. The van der Waals surface area contributed by atoms with Gasteiger partial charge in [-0.25, -0.2) is 4.68 Å². The molecule has 2 aliphatic heterocycles. The summed E-state index contributed by atoms with van der Waals surface area (Å²) in [4.78, 5) is 16.6. The molecule has 3 heterocycles. The third-order valence-electron chi connectivity index (χ3n) is 6.93. The second kappa shape index (κ2) is 12.1. The Morgan fingerprint density at radius 1 is 1.08 bits per heavy atom. The second-order valence-electron chi connectivity index (χ2n) is 9.46. The van der Waals surface area contributed by atoms with Gasteiger partial charge >= 0.3 is 0 Å². The Morgan fingerprint density at radius 3 is 2.59 bits per heavy atom. The number of likely N-dealkylation sites (tertiary alicyclic amines) is 1. The van der Waals surface area contributed by atoms with E-state index in [0.717, 1.165) is 87.4 Å². The van der Waals surface area contributed by atoms with Crippen molar-refractivity contribution in [3.8, 4) is 22.8 Å². The van der Waals surface area contributed by atoms with E-state index in [1.807, 2.05) is 59.5 Å². The standard InChI is InChI=1S/C29H35N5O3/c1-2-29(35)33-15-6-7-24(22-33)34-28(30-14-16-32-17-19-36-20-18-32)21-27(31-34)23-10-12-26(13-11-23)37-25-8-4-3-5-9-25/h2-5,8-13,21,24,30H,1,6-7,14-20,22H2. The normalized spacial score (nSPS) is 18.4. The topological polar surface area (TPSA) is 71.9 Å². The molecular weight excluding hydrogens is 466 g/mol. The van der Waals surface area contributed by atoms with E-state index in [0.29, 0.717) is 6.54 Å². The summed E-state index contributed by atoms with van der Waals surface area (Å²) in [5.41, 5.74) is 1.91. The molecule has 0 radical (unpaired) electrons. The quantitative estimate of drug-likeness (QED) is 0.437. The summed E-state index contributed by atoms with van der Waals surface area (Å²) in [6.07, 6.45) is 3.32. The van der Waals surface area contributed by atoms with Gasteiger partial charge in [-0.2, -0.15) is 5.10 Å². The number of nitrogens with zero attached hydrogens (tertiary/aromatic N) is 4. The molecule has 2 saturated heterocycles. The highest BCUT2D eigenvalue weighted by Crippen LogP contribution is 2.31. The first-order chi connectivity index (χ1) is 18.2. The molecule has 1 amide bonds. The zero-order chi connectivity index (χ0) is 25.5. The van der Waals surface area contributed by atoms with Crippen LogP contribution in [0.1, 0.15) is 18.9 Å². The Balaban J connectivity index is 1.34. The third-order valence-corrected chi connectivity index (χ3v) is 6.93. The molecule has 8 heteroatoms. The fourth-order valence-corrected chi connectivity index (χ4v) is 4.91. The molecule has 1 N–H and O–H groups in total. The summed E-state index contributed by atoms with van der Waals surface area (Å²) in [6, 6.07) is 20.0. The van der Waals surface area contributed by atoms with Crippen molar-refractivity contribution >= 4 is 11.7 Å². The van der Waals surface area contributed by atoms with E-state index in [1.54, 1.807) is 0 Å². The summed E-state index contributed by atoms with van der Waals surface area (Å²) >= 11 is 0. The Kier molecular flexibility index (Phi) is 8.18. The second-order valence-corrected chi connectivity index (χ2v) is 9.46. The zero-order valence-electron chi connectivity index (χ0n) is 21.2. The minimum absolute atomic E-state index is 0.0205. The van der Waals surface area contributed by atoms with Crippen LogP contribution in [0.2, 0.25) is 0 Å². The lowest BCUT2D eigenvalue weighted by molar-refractivity contribution is -0.127. The zero-order valence-corrected chi connectivity index (χ0v) is 21.2. The van der Waals surface area contributed by atoms with Gasteiger partial charge in [-0.05, 0) is 55.3 Å². The number of amides is 1. The van der Waals surface area contributed by atoms with Crippen LogP contribution in [0, 0.1) is 0 Å². The van der Waals surface area contributed by atoms with Gasteiger partial charge in [0.15, 0.2) is 0 Å². The third kappa shape index (κ3) is 6.39. The lowest BCUT2D eigenvalue weighted by Gasteiger charge is -2.33. The summed E-state index contributed by atoms with van der Waals surface area (Å²) < 4.78 is 13.5. The highest BCUT2D eigenvalue weighted by atomic mass is 16.5. The van der Waals surface area contributed by atoms with E-state index in [1.165, 1.54) is 6.08 Å². The molecule has 1 atom stereocenters. The van der Waals surface area contributed by atoms with Crippen molar-refractivity contribution in [1.29, 1.82) is 0 Å². The van der Waals surface area contributed by atoms with Crippen LogP contribution in [0.15, 0.2) is 73.3 Å². The average molecular weight is 502 g/mol. The summed E-state index contributed by atoms with van der Waals surface area (Å²) in [6.45, 7) is 10.3. The van der Waals surface area contributed by atoms with Gasteiger partial charge in [0.25, 0.3) is 0 Å². The molecule has 3 aromatic rings. The summed E-state index contributed by atoms with van der Waals surface area (Å²) in [5, 5.41) is 8.64. The Hall–Kier alpha value is -3.62. The minimum Gasteiger partial charge on any atom is -0.457 e. The predicted octanol–water partition coefficient (Wildman–Crippen LogP) is 4.44. The molecule has 5 rings (SSSR count). The maximum absolute atomic E-state index is 12.3. The molecule has 0 spiro atoms. The van der Waals surface area contributed by atoms with Gasteiger partial charge in [-0.3, -0.25) is 9.69 Å². The fourth-order valence-electron chi connectivity index (χ4n) is 4.91. The maximum Gasteiger partial charge on any atom is 0.246 e. The van der Waals surface area contributed by atoms with Gasteiger partial charge in [-0.1, -0.05) is 24.8 Å². The lowest BCUT2D eigenvalue weighted by atomic mass is 10.1. The first-order valence-corrected chi connectivity index (χ1v) is 13.1. The molecule has 2 fully saturated rings. The van der Waals surface area contributed by atoms with Crippen LogP contribution < -0.4 is 10.1 Å². The molecule has 2 aliphatic rings. The van der Waals surface area contributed by atoms with Crippen molar-refractivity contribution in [2.45, 2.75) is 18.9 Å². The maximum atomic E-state index is 12.3. The Labute approximate surface area is 218 Å².